The third kappa shape index (κ3) is 4.83. The van der Waals surface area contributed by atoms with Crippen molar-refractivity contribution >= 4 is 11.8 Å². The maximum absolute atomic E-state index is 12.6. The first-order chi connectivity index (χ1) is 9.86. The standard InChI is InChI=1S/C17H24N2O2/c1-6-7-8-18-19(16(20)12(2)3)17(21)15-10-13(4)9-14(5)11-15/h9-11,18H,2,6-8H2,1,3-5H3. The smallest absolute Gasteiger partial charge is 0.268 e. The molecule has 0 radical (unpaired) electrons. The van der Waals surface area contributed by atoms with Gasteiger partial charge in [0.2, 0.25) is 0 Å². The molecule has 0 aromatic heterocycles. The second-order valence-electron chi connectivity index (χ2n) is 5.36. The summed E-state index contributed by atoms with van der Waals surface area (Å²) in [6.07, 6.45) is 1.87. The van der Waals surface area contributed by atoms with Crippen molar-refractivity contribution in [1.82, 2.24) is 10.4 Å². The fourth-order valence-corrected chi connectivity index (χ4v) is 2.02. The van der Waals surface area contributed by atoms with Gasteiger partial charge in [0.25, 0.3) is 11.8 Å². The van der Waals surface area contributed by atoms with E-state index in [-0.39, 0.29) is 5.91 Å². The molecule has 4 heteroatoms. The zero-order valence-corrected chi connectivity index (χ0v) is 13.3. The molecule has 0 heterocycles. The molecule has 114 valence electrons. The number of unbranched alkanes of at least 4 members (excludes halogenated alkanes) is 1. The fraction of sp³-hybridized carbons (Fsp3) is 0.412. The monoisotopic (exact) mass is 288 g/mol. The molecule has 1 rings (SSSR count). The lowest BCUT2D eigenvalue weighted by Crippen LogP contribution is -2.47. The molecule has 0 bridgehead atoms. The number of aryl methyl sites for hydroxylation is 2. The summed E-state index contributed by atoms with van der Waals surface area (Å²) < 4.78 is 0. The molecule has 21 heavy (non-hydrogen) atoms. The summed E-state index contributed by atoms with van der Waals surface area (Å²) in [5.41, 5.74) is 5.74. The highest BCUT2D eigenvalue weighted by molar-refractivity contribution is 6.09. The SMILES string of the molecule is C=C(C)C(=O)N(NCCCC)C(=O)c1cc(C)cc(C)c1. The van der Waals surface area contributed by atoms with Crippen LogP contribution < -0.4 is 5.43 Å². The Morgan fingerprint density at radius 1 is 1.19 bits per heavy atom. The van der Waals surface area contributed by atoms with Gasteiger partial charge in [0.05, 0.1) is 0 Å². The van der Waals surface area contributed by atoms with E-state index in [0.29, 0.717) is 17.7 Å². The van der Waals surface area contributed by atoms with Gasteiger partial charge in [0.15, 0.2) is 0 Å². The molecule has 0 atom stereocenters. The van der Waals surface area contributed by atoms with Gasteiger partial charge in [-0.2, -0.15) is 0 Å². The van der Waals surface area contributed by atoms with Gasteiger partial charge in [-0.15, -0.1) is 0 Å². The number of benzene rings is 1. The summed E-state index contributed by atoms with van der Waals surface area (Å²) in [5, 5.41) is 1.08. The highest BCUT2D eigenvalue weighted by Crippen LogP contribution is 2.12. The van der Waals surface area contributed by atoms with Gasteiger partial charge in [-0.1, -0.05) is 37.1 Å². The molecule has 1 aromatic carbocycles. The predicted octanol–water partition coefficient (Wildman–Crippen LogP) is 3.15. The average Bonchev–Trinajstić information content (AvgIpc) is 2.41. The van der Waals surface area contributed by atoms with E-state index in [2.05, 4.69) is 18.9 Å². The van der Waals surface area contributed by atoms with Gasteiger partial charge < -0.3 is 0 Å². The van der Waals surface area contributed by atoms with Gasteiger partial charge >= 0.3 is 0 Å². The molecule has 0 aliphatic carbocycles. The second kappa shape index (κ2) is 7.74. The minimum Gasteiger partial charge on any atom is -0.268 e. The van der Waals surface area contributed by atoms with Crippen LogP contribution in [0.4, 0.5) is 0 Å². The normalized spacial score (nSPS) is 10.3. The lowest BCUT2D eigenvalue weighted by atomic mass is 10.1. The van der Waals surface area contributed by atoms with Crippen molar-refractivity contribution in [2.45, 2.75) is 40.5 Å². The topological polar surface area (TPSA) is 49.4 Å². The summed E-state index contributed by atoms with van der Waals surface area (Å²) >= 11 is 0. The quantitative estimate of drug-likeness (QED) is 0.497. The molecule has 0 aliphatic heterocycles. The minimum absolute atomic E-state index is 0.330. The van der Waals surface area contributed by atoms with E-state index >= 15 is 0 Å². The molecule has 0 spiro atoms. The fourth-order valence-electron chi connectivity index (χ4n) is 2.02. The largest absolute Gasteiger partial charge is 0.275 e. The molecular weight excluding hydrogens is 264 g/mol. The summed E-state index contributed by atoms with van der Waals surface area (Å²) in [6, 6.07) is 5.57. The van der Waals surface area contributed by atoms with E-state index < -0.39 is 5.91 Å². The third-order valence-corrected chi connectivity index (χ3v) is 3.04. The van der Waals surface area contributed by atoms with Crippen molar-refractivity contribution in [2.24, 2.45) is 0 Å². The molecular formula is C17H24N2O2. The van der Waals surface area contributed by atoms with Crippen LogP contribution in [-0.2, 0) is 4.79 Å². The summed E-state index contributed by atoms with van der Waals surface area (Å²) in [5.74, 6) is -0.735. The Morgan fingerprint density at radius 3 is 2.24 bits per heavy atom. The van der Waals surface area contributed by atoms with Gasteiger partial charge in [-0.3, -0.25) is 9.59 Å². The molecule has 0 aliphatic rings. The van der Waals surface area contributed by atoms with E-state index in [9.17, 15) is 9.59 Å². The first-order valence-electron chi connectivity index (χ1n) is 7.23. The van der Waals surface area contributed by atoms with Crippen LogP contribution in [-0.4, -0.2) is 23.4 Å². The van der Waals surface area contributed by atoms with Crippen LogP contribution in [0.2, 0.25) is 0 Å². The number of hydrogen-bond donors (Lipinski definition) is 1. The highest BCUT2D eigenvalue weighted by Gasteiger charge is 2.23. The van der Waals surface area contributed by atoms with E-state index in [0.717, 1.165) is 29.0 Å². The van der Waals surface area contributed by atoms with Crippen LogP contribution in [0.15, 0.2) is 30.4 Å². The van der Waals surface area contributed by atoms with Gasteiger partial charge in [0.1, 0.15) is 0 Å². The minimum atomic E-state index is -0.393. The first kappa shape index (κ1) is 17.1. The highest BCUT2D eigenvalue weighted by atomic mass is 16.2. The van der Waals surface area contributed by atoms with Crippen LogP contribution >= 0.6 is 0 Å². The van der Waals surface area contributed by atoms with Crippen LogP contribution in [0.3, 0.4) is 0 Å². The number of imide groups is 1. The Balaban J connectivity index is 3.03. The summed E-state index contributed by atoms with van der Waals surface area (Å²) in [4.78, 5) is 24.8. The number of nitrogens with zero attached hydrogens (tertiary/aromatic N) is 1. The van der Waals surface area contributed by atoms with Crippen LogP contribution in [0.1, 0.15) is 48.2 Å². The van der Waals surface area contributed by atoms with E-state index in [1.165, 1.54) is 0 Å². The maximum Gasteiger partial charge on any atom is 0.275 e. The van der Waals surface area contributed by atoms with Crippen molar-refractivity contribution in [1.29, 1.82) is 0 Å². The predicted molar refractivity (Wildman–Crippen MR) is 84.8 cm³/mol. The molecule has 1 N–H and O–H groups in total. The molecule has 2 amide bonds. The Kier molecular flexibility index (Phi) is 6.31. The molecule has 0 fully saturated rings. The van der Waals surface area contributed by atoms with Gasteiger partial charge in [-0.05, 0) is 39.3 Å². The maximum atomic E-state index is 12.6. The first-order valence-corrected chi connectivity index (χ1v) is 7.23. The third-order valence-electron chi connectivity index (χ3n) is 3.04. The lowest BCUT2D eigenvalue weighted by Gasteiger charge is -2.22. The van der Waals surface area contributed by atoms with E-state index in [4.69, 9.17) is 0 Å². The van der Waals surface area contributed by atoms with Crippen molar-refractivity contribution in [3.05, 3.63) is 47.0 Å². The Hall–Kier alpha value is -1.94. The number of nitrogens with one attached hydrogen (secondary N) is 1. The zero-order valence-electron chi connectivity index (χ0n) is 13.3. The van der Waals surface area contributed by atoms with Crippen LogP contribution in [0, 0.1) is 13.8 Å². The summed E-state index contributed by atoms with van der Waals surface area (Å²) in [7, 11) is 0. The van der Waals surface area contributed by atoms with Crippen molar-refractivity contribution in [3.8, 4) is 0 Å². The Bertz CT molecular complexity index is 529. The second-order valence-corrected chi connectivity index (χ2v) is 5.36. The number of hydrogen-bond acceptors (Lipinski definition) is 3. The van der Waals surface area contributed by atoms with Crippen LogP contribution in [0.5, 0.6) is 0 Å². The van der Waals surface area contributed by atoms with Crippen molar-refractivity contribution in [3.63, 3.8) is 0 Å². The zero-order chi connectivity index (χ0) is 16.0. The molecule has 0 unspecified atom stereocenters. The number of amides is 2. The molecule has 1 aromatic rings. The van der Waals surface area contributed by atoms with E-state index in [1.54, 1.807) is 19.1 Å². The number of carbonyl (C=O) groups is 2. The van der Waals surface area contributed by atoms with Crippen LogP contribution in [0.25, 0.3) is 0 Å². The summed E-state index contributed by atoms with van der Waals surface area (Å²) in [6.45, 7) is 11.7. The Labute approximate surface area is 126 Å². The molecule has 4 nitrogen and oxygen atoms in total. The lowest BCUT2D eigenvalue weighted by molar-refractivity contribution is -0.127. The number of hydrazine groups is 1. The molecule has 0 saturated heterocycles. The average molecular weight is 288 g/mol. The number of rotatable bonds is 6. The van der Waals surface area contributed by atoms with Gasteiger partial charge in [-0.25, -0.2) is 10.4 Å². The Morgan fingerprint density at radius 2 is 1.76 bits per heavy atom. The van der Waals surface area contributed by atoms with Crippen molar-refractivity contribution in [2.75, 3.05) is 6.54 Å². The number of carbonyl (C=O) groups excluding carboxylic acids is 2. The van der Waals surface area contributed by atoms with Gasteiger partial charge in [0, 0.05) is 17.7 Å². The molecule has 0 saturated carbocycles. The van der Waals surface area contributed by atoms with E-state index in [1.807, 2.05) is 19.9 Å². The van der Waals surface area contributed by atoms with Crippen molar-refractivity contribution < 1.29 is 9.59 Å².